The number of unbranched alkanes of at least 4 members (excludes halogenated alkanes) is 24. The van der Waals surface area contributed by atoms with E-state index in [1.54, 1.807) is 0 Å². The van der Waals surface area contributed by atoms with Crippen LogP contribution in [0.2, 0.25) is 0 Å². The first-order chi connectivity index (χ1) is 40.0. The molecule has 0 amide bonds. The smallest absolute Gasteiger partial charge is 0.306 e. The highest BCUT2D eigenvalue weighted by molar-refractivity contribution is 5.71. The topological polar surface area (TPSA) is 78.9 Å². The predicted molar refractivity (Wildman–Crippen MR) is 352 cm³/mol. The Morgan fingerprint density at radius 3 is 0.753 bits per heavy atom. The van der Waals surface area contributed by atoms with Gasteiger partial charge in [0.1, 0.15) is 13.2 Å². The molecule has 0 aliphatic rings. The van der Waals surface area contributed by atoms with Crippen molar-refractivity contribution in [2.24, 2.45) is 0 Å². The first-order valence-electron chi connectivity index (χ1n) is 33.3. The van der Waals surface area contributed by atoms with Gasteiger partial charge in [-0.25, -0.2) is 0 Å². The molecule has 0 bridgehead atoms. The summed E-state index contributed by atoms with van der Waals surface area (Å²) in [6.07, 6.45) is 97.2. The Kier molecular flexibility index (Phi) is 63.9. The third-order valence-corrected chi connectivity index (χ3v) is 13.8. The maximum Gasteiger partial charge on any atom is 0.306 e. The van der Waals surface area contributed by atoms with Gasteiger partial charge in [-0.2, -0.15) is 0 Å². The second-order valence-electron chi connectivity index (χ2n) is 21.6. The van der Waals surface area contributed by atoms with Gasteiger partial charge in [-0.15, -0.1) is 0 Å². The molecule has 6 heteroatoms. The Balaban J connectivity index is 4.34. The van der Waals surface area contributed by atoms with Crippen molar-refractivity contribution in [3.63, 3.8) is 0 Å². The van der Waals surface area contributed by atoms with E-state index in [4.69, 9.17) is 14.2 Å². The summed E-state index contributed by atoms with van der Waals surface area (Å²) in [6, 6.07) is 0. The maximum absolute atomic E-state index is 12.9. The van der Waals surface area contributed by atoms with E-state index in [2.05, 4.69) is 167 Å². The summed E-state index contributed by atoms with van der Waals surface area (Å²) >= 11 is 0. The number of carbonyl (C=O) groups is 3. The van der Waals surface area contributed by atoms with Gasteiger partial charge in [-0.1, -0.05) is 282 Å². The van der Waals surface area contributed by atoms with Crippen molar-refractivity contribution in [3.05, 3.63) is 146 Å². The number of allylic oxidation sites excluding steroid dienone is 24. The van der Waals surface area contributed by atoms with Crippen molar-refractivity contribution in [2.75, 3.05) is 13.2 Å². The van der Waals surface area contributed by atoms with Crippen LogP contribution in [0.5, 0.6) is 0 Å². The highest BCUT2D eigenvalue weighted by atomic mass is 16.6. The van der Waals surface area contributed by atoms with Crippen molar-refractivity contribution >= 4 is 17.9 Å². The summed E-state index contributed by atoms with van der Waals surface area (Å²) in [6.45, 7) is 6.33. The molecule has 0 aliphatic heterocycles. The van der Waals surface area contributed by atoms with Crippen LogP contribution in [-0.4, -0.2) is 37.2 Å². The van der Waals surface area contributed by atoms with Gasteiger partial charge in [0.15, 0.2) is 6.10 Å². The lowest BCUT2D eigenvalue weighted by Crippen LogP contribution is -2.30. The average molecular weight is 1120 g/mol. The van der Waals surface area contributed by atoms with E-state index in [-0.39, 0.29) is 31.1 Å². The Hall–Kier alpha value is -4.71. The molecule has 458 valence electrons. The quantitative estimate of drug-likeness (QED) is 0.0261. The van der Waals surface area contributed by atoms with Gasteiger partial charge in [0.2, 0.25) is 0 Å². The fourth-order valence-electron chi connectivity index (χ4n) is 8.89. The van der Waals surface area contributed by atoms with Gasteiger partial charge in [-0.05, 0) is 135 Å². The number of rotatable bonds is 59. The summed E-state index contributed by atoms with van der Waals surface area (Å²) in [5, 5.41) is 0. The maximum atomic E-state index is 12.9. The van der Waals surface area contributed by atoms with Crippen LogP contribution in [0.1, 0.15) is 290 Å². The molecule has 0 fully saturated rings. The van der Waals surface area contributed by atoms with Gasteiger partial charge in [-0.3, -0.25) is 14.4 Å². The monoisotopic (exact) mass is 1120 g/mol. The lowest BCUT2D eigenvalue weighted by Gasteiger charge is -2.18. The molecular weight excluding hydrogens is 997 g/mol. The predicted octanol–water partition coefficient (Wildman–Crippen LogP) is 23.1. The number of carbonyl (C=O) groups excluding carboxylic acids is 3. The van der Waals surface area contributed by atoms with E-state index < -0.39 is 6.10 Å². The van der Waals surface area contributed by atoms with Crippen molar-refractivity contribution in [3.8, 4) is 0 Å². The summed E-state index contributed by atoms with van der Waals surface area (Å²) in [4.78, 5) is 38.4. The molecular formula is C75H122O6. The van der Waals surface area contributed by atoms with Crippen LogP contribution in [-0.2, 0) is 28.6 Å². The van der Waals surface area contributed by atoms with E-state index in [0.29, 0.717) is 19.3 Å². The molecule has 81 heavy (non-hydrogen) atoms. The minimum atomic E-state index is -0.802. The molecule has 0 aromatic rings. The van der Waals surface area contributed by atoms with Crippen LogP contribution < -0.4 is 0 Å². The molecule has 0 radical (unpaired) electrons. The highest BCUT2D eigenvalue weighted by Crippen LogP contribution is 2.16. The Morgan fingerprint density at radius 2 is 0.481 bits per heavy atom. The molecule has 0 spiro atoms. The number of ether oxygens (including phenoxy) is 3. The number of hydrogen-bond donors (Lipinski definition) is 0. The van der Waals surface area contributed by atoms with Crippen molar-refractivity contribution in [2.45, 2.75) is 297 Å². The first kappa shape index (κ1) is 76.3. The zero-order valence-corrected chi connectivity index (χ0v) is 52.5. The molecule has 0 aromatic heterocycles. The van der Waals surface area contributed by atoms with Crippen LogP contribution >= 0.6 is 0 Å². The first-order valence-corrected chi connectivity index (χ1v) is 33.3. The van der Waals surface area contributed by atoms with Crippen LogP contribution in [0.15, 0.2) is 146 Å². The second-order valence-corrected chi connectivity index (χ2v) is 21.6. The van der Waals surface area contributed by atoms with Crippen molar-refractivity contribution in [1.82, 2.24) is 0 Å². The van der Waals surface area contributed by atoms with Crippen LogP contribution in [0.3, 0.4) is 0 Å². The standard InChI is InChI=1S/C75H122O6/c1-4-7-10-13-16-19-22-25-27-29-31-33-34-35-36-37-38-39-40-42-43-45-47-50-53-56-59-62-65-68-74(77)80-71-72(70-79-73(76)67-64-61-58-55-52-49-24-21-18-15-12-9-6-3)81-75(78)69-66-63-60-57-54-51-48-46-44-41-32-30-28-26-23-20-17-14-11-8-5-2/h7-8,10-12,15-17,19-21,24-28,31-33,35-36,41,46,48,72H,4-6,9,13-14,18,22-23,29-30,34,37-40,42-45,47,49-71H2,1-3H3/b10-7-,11-8-,15-12-,19-16-,20-17-,24-21-,27-25-,28-26-,33-31-,36-35-,41-32-,48-46-. The Morgan fingerprint density at radius 1 is 0.259 bits per heavy atom. The fourth-order valence-corrected chi connectivity index (χ4v) is 8.89. The molecule has 0 aliphatic carbocycles. The fraction of sp³-hybridized carbons (Fsp3) is 0.640. The van der Waals surface area contributed by atoms with Crippen molar-refractivity contribution in [1.29, 1.82) is 0 Å². The molecule has 0 saturated heterocycles. The van der Waals surface area contributed by atoms with Gasteiger partial charge in [0.25, 0.3) is 0 Å². The lowest BCUT2D eigenvalue weighted by molar-refractivity contribution is -0.167. The van der Waals surface area contributed by atoms with Crippen LogP contribution in [0, 0.1) is 0 Å². The lowest BCUT2D eigenvalue weighted by atomic mass is 10.0. The Labute approximate surface area is 499 Å². The molecule has 0 aromatic carbocycles. The summed E-state index contributed by atoms with van der Waals surface area (Å²) in [7, 11) is 0. The third-order valence-electron chi connectivity index (χ3n) is 13.8. The van der Waals surface area contributed by atoms with Gasteiger partial charge < -0.3 is 14.2 Å². The molecule has 0 rings (SSSR count). The molecule has 1 unspecified atom stereocenters. The zero-order chi connectivity index (χ0) is 58.5. The number of hydrogen-bond acceptors (Lipinski definition) is 6. The highest BCUT2D eigenvalue weighted by Gasteiger charge is 2.19. The van der Waals surface area contributed by atoms with Gasteiger partial charge >= 0.3 is 17.9 Å². The normalized spacial score (nSPS) is 13.1. The summed E-state index contributed by atoms with van der Waals surface area (Å²) < 4.78 is 16.9. The second kappa shape index (κ2) is 67.8. The minimum Gasteiger partial charge on any atom is -0.462 e. The number of esters is 3. The van der Waals surface area contributed by atoms with E-state index in [9.17, 15) is 14.4 Å². The largest absolute Gasteiger partial charge is 0.462 e. The summed E-state index contributed by atoms with van der Waals surface area (Å²) in [5.74, 6) is -0.927. The molecule has 6 nitrogen and oxygen atoms in total. The van der Waals surface area contributed by atoms with E-state index in [1.807, 2.05) is 0 Å². The third kappa shape index (κ3) is 66.0. The van der Waals surface area contributed by atoms with Gasteiger partial charge in [0.05, 0.1) is 0 Å². The summed E-state index contributed by atoms with van der Waals surface area (Å²) in [5.41, 5.74) is 0. The van der Waals surface area contributed by atoms with Crippen LogP contribution in [0.4, 0.5) is 0 Å². The molecule has 0 saturated carbocycles. The molecule has 1 atom stereocenters. The minimum absolute atomic E-state index is 0.0950. The zero-order valence-electron chi connectivity index (χ0n) is 52.5. The molecule has 0 heterocycles. The molecule has 0 N–H and O–H groups in total. The SMILES string of the molecule is CC/C=C\C/C=C\C/C=C\C/C=C\C/C=C\CCCCCCCCCCCCCCCC(=O)OCC(COC(=O)CCCCCCC/C=C\C/C=C\CCC)OC(=O)CCCCCCC/C=C\C/C=C\C/C=C\C/C=C\C/C=C\CC. The van der Waals surface area contributed by atoms with Crippen molar-refractivity contribution < 1.29 is 28.6 Å². The van der Waals surface area contributed by atoms with Gasteiger partial charge in [0, 0.05) is 19.3 Å². The van der Waals surface area contributed by atoms with E-state index >= 15 is 0 Å². The van der Waals surface area contributed by atoms with E-state index in [1.165, 1.54) is 77.0 Å². The Bertz CT molecular complexity index is 1760. The van der Waals surface area contributed by atoms with Crippen LogP contribution in [0.25, 0.3) is 0 Å². The average Bonchev–Trinajstić information content (AvgIpc) is 3.46. The van der Waals surface area contributed by atoms with E-state index in [0.717, 1.165) is 173 Å².